The molecule has 8 heteroatoms. The van der Waals surface area contributed by atoms with Crippen molar-refractivity contribution in [3.63, 3.8) is 0 Å². The number of aliphatic carboxylic acids is 2. The molecular weight excluding hydrogens is 242 g/mol. The van der Waals surface area contributed by atoms with Crippen LogP contribution in [0.4, 0.5) is 0 Å². The average molecular weight is 261 g/mol. The molecule has 0 heterocycles. The fourth-order valence-corrected chi connectivity index (χ4v) is 1.26. The number of carbonyl (C=O) groups is 3. The van der Waals surface area contributed by atoms with Gasteiger partial charge in [0.15, 0.2) is 0 Å². The molecule has 104 valence electrons. The molecule has 0 fully saturated rings. The third-order valence-electron chi connectivity index (χ3n) is 2.33. The predicted octanol–water partition coefficient (Wildman–Crippen LogP) is -1.51. The molecule has 0 aliphatic rings. The molecule has 0 aromatic heterocycles. The van der Waals surface area contributed by atoms with E-state index in [1.165, 1.54) is 0 Å². The Kier molecular flexibility index (Phi) is 7.64. The summed E-state index contributed by atoms with van der Waals surface area (Å²) in [7, 11) is 0. The molecular formula is C10H19N3O5. The van der Waals surface area contributed by atoms with Crippen molar-refractivity contribution in [2.75, 3.05) is 6.54 Å². The molecule has 0 saturated heterocycles. The summed E-state index contributed by atoms with van der Waals surface area (Å²) in [5, 5.41) is 19.7. The first-order valence-corrected chi connectivity index (χ1v) is 5.59. The van der Waals surface area contributed by atoms with Gasteiger partial charge in [-0.1, -0.05) is 0 Å². The topological polar surface area (TPSA) is 156 Å². The fourth-order valence-electron chi connectivity index (χ4n) is 1.26. The predicted molar refractivity (Wildman–Crippen MR) is 62.7 cm³/mol. The Labute approximate surface area is 104 Å². The van der Waals surface area contributed by atoms with Gasteiger partial charge in [0.1, 0.15) is 12.1 Å². The molecule has 0 bridgehead atoms. The zero-order valence-corrected chi connectivity index (χ0v) is 9.96. The highest BCUT2D eigenvalue weighted by atomic mass is 16.4. The number of amides is 1. The van der Waals surface area contributed by atoms with Crippen molar-refractivity contribution in [1.82, 2.24) is 5.32 Å². The lowest BCUT2D eigenvalue weighted by Crippen LogP contribution is -2.42. The Morgan fingerprint density at radius 3 is 2.17 bits per heavy atom. The second-order valence-electron chi connectivity index (χ2n) is 3.87. The molecule has 0 unspecified atom stereocenters. The summed E-state index contributed by atoms with van der Waals surface area (Å²) in [4.78, 5) is 32.6. The zero-order chi connectivity index (χ0) is 14.1. The van der Waals surface area contributed by atoms with Gasteiger partial charge in [-0.25, -0.2) is 4.79 Å². The lowest BCUT2D eigenvalue weighted by molar-refractivity contribution is -0.142. The van der Waals surface area contributed by atoms with Crippen LogP contribution in [0.1, 0.15) is 25.7 Å². The van der Waals surface area contributed by atoms with Crippen molar-refractivity contribution in [2.24, 2.45) is 11.5 Å². The van der Waals surface area contributed by atoms with Gasteiger partial charge in [-0.05, 0) is 25.8 Å². The number of hydrogen-bond donors (Lipinski definition) is 5. The van der Waals surface area contributed by atoms with Crippen molar-refractivity contribution in [2.45, 2.75) is 37.8 Å². The number of rotatable bonds is 9. The molecule has 0 aromatic carbocycles. The van der Waals surface area contributed by atoms with Crippen LogP contribution in [0.25, 0.3) is 0 Å². The van der Waals surface area contributed by atoms with Gasteiger partial charge in [-0.3, -0.25) is 9.59 Å². The molecule has 0 saturated carbocycles. The highest BCUT2D eigenvalue weighted by Gasteiger charge is 2.20. The van der Waals surface area contributed by atoms with Crippen LogP contribution >= 0.6 is 0 Å². The molecule has 2 atom stereocenters. The van der Waals surface area contributed by atoms with Crippen molar-refractivity contribution < 1.29 is 24.6 Å². The smallest absolute Gasteiger partial charge is 0.326 e. The van der Waals surface area contributed by atoms with E-state index in [4.69, 9.17) is 21.7 Å². The highest BCUT2D eigenvalue weighted by Crippen LogP contribution is 2.00. The Bertz CT molecular complexity index is 308. The quantitative estimate of drug-likeness (QED) is 0.337. The summed E-state index contributed by atoms with van der Waals surface area (Å²) in [5.41, 5.74) is 10.5. The van der Waals surface area contributed by atoms with Gasteiger partial charge in [0.2, 0.25) is 5.91 Å². The molecule has 0 aliphatic heterocycles. The van der Waals surface area contributed by atoms with Crippen LogP contribution in [0.3, 0.4) is 0 Å². The third-order valence-corrected chi connectivity index (χ3v) is 2.33. The van der Waals surface area contributed by atoms with Gasteiger partial charge in [0.25, 0.3) is 0 Å². The fraction of sp³-hybridized carbons (Fsp3) is 0.700. The standard InChI is InChI=1S/C10H19N3O5/c11-5-1-2-7(10(17)18)13-8(14)4-3-6(12)9(15)16/h6-7H,1-5,11-12H2,(H,13,14)(H,15,16)(H,17,18)/t6-,7-/m0/s1. The maximum Gasteiger partial charge on any atom is 0.326 e. The van der Waals surface area contributed by atoms with E-state index in [1.807, 2.05) is 0 Å². The summed E-state index contributed by atoms with van der Waals surface area (Å²) in [6, 6.07) is -2.12. The number of nitrogens with one attached hydrogen (secondary N) is 1. The van der Waals surface area contributed by atoms with Gasteiger partial charge in [-0.15, -0.1) is 0 Å². The van der Waals surface area contributed by atoms with Crippen molar-refractivity contribution in [3.05, 3.63) is 0 Å². The minimum absolute atomic E-state index is 0.0373. The molecule has 7 N–H and O–H groups in total. The van der Waals surface area contributed by atoms with E-state index in [2.05, 4.69) is 5.32 Å². The first kappa shape index (κ1) is 16.3. The molecule has 1 amide bonds. The first-order valence-electron chi connectivity index (χ1n) is 5.59. The Hall–Kier alpha value is -1.67. The maximum absolute atomic E-state index is 11.4. The molecule has 0 spiro atoms. The summed E-state index contributed by atoms with van der Waals surface area (Å²) in [5.74, 6) is -2.86. The minimum atomic E-state index is -1.19. The van der Waals surface area contributed by atoms with Crippen LogP contribution in [0, 0.1) is 0 Å². The van der Waals surface area contributed by atoms with Crippen LogP contribution in [0.15, 0.2) is 0 Å². The highest BCUT2D eigenvalue weighted by molar-refractivity contribution is 5.84. The number of carbonyl (C=O) groups excluding carboxylic acids is 1. The SMILES string of the molecule is NCCC[C@H](NC(=O)CC[C@H](N)C(=O)O)C(=O)O. The van der Waals surface area contributed by atoms with E-state index in [0.717, 1.165) is 0 Å². The monoisotopic (exact) mass is 261 g/mol. The van der Waals surface area contributed by atoms with Crippen molar-refractivity contribution in [3.8, 4) is 0 Å². The van der Waals surface area contributed by atoms with Crippen LogP contribution in [0.5, 0.6) is 0 Å². The third kappa shape index (κ3) is 6.81. The number of carboxylic acids is 2. The van der Waals surface area contributed by atoms with E-state index >= 15 is 0 Å². The largest absolute Gasteiger partial charge is 0.480 e. The lowest BCUT2D eigenvalue weighted by Gasteiger charge is -2.14. The maximum atomic E-state index is 11.4. The van der Waals surface area contributed by atoms with Crippen LogP contribution < -0.4 is 16.8 Å². The van der Waals surface area contributed by atoms with Gasteiger partial charge in [-0.2, -0.15) is 0 Å². The molecule has 8 nitrogen and oxygen atoms in total. The second-order valence-corrected chi connectivity index (χ2v) is 3.87. The summed E-state index contributed by atoms with van der Waals surface area (Å²) in [6.07, 6.45) is 0.554. The average Bonchev–Trinajstić information content (AvgIpc) is 2.30. The van der Waals surface area contributed by atoms with E-state index < -0.39 is 29.9 Å². The number of carboxylic acid groups (broad SMARTS) is 2. The molecule has 18 heavy (non-hydrogen) atoms. The van der Waals surface area contributed by atoms with Crippen LogP contribution in [-0.2, 0) is 14.4 Å². The first-order chi connectivity index (χ1) is 8.38. The number of nitrogens with two attached hydrogens (primary N) is 2. The van der Waals surface area contributed by atoms with E-state index in [-0.39, 0.29) is 19.3 Å². The Morgan fingerprint density at radius 2 is 1.72 bits per heavy atom. The normalized spacial score (nSPS) is 13.7. The summed E-state index contributed by atoms with van der Waals surface area (Å²) >= 11 is 0. The van der Waals surface area contributed by atoms with Gasteiger partial charge in [0.05, 0.1) is 0 Å². The van der Waals surface area contributed by atoms with Gasteiger partial charge in [0, 0.05) is 6.42 Å². The second kappa shape index (κ2) is 8.43. The molecule has 0 rings (SSSR count). The number of hydrogen-bond acceptors (Lipinski definition) is 5. The van der Waals surface area contributed by atoms with E-state index in [9.17, 15) is 14.4 Å². The van der Waals surface area contributed by atoms with Gasteiger partial charge >= 0.3 is 11.9 Å². The van der Waals surface area contributed by atoms with Crippen LogP contribution in [0.2, 0.25) is 0 Å². The minimum Gasteiger partial charge on any atom is -0.480 e. The molecule has 0 aromatic rings. The zero-order valence-electron chi connectivity index (χ0n) is 9.96. The Balaban J connectivity index is 4.09. The molecule has 0 radical (unpaired) electrons. The van der Waals surface area contributed by atoms with Crippen molar-refractivity contribution >= 4 is 17.8 Å². The summed E-state index contributed by atoms with van der Waals surface area (Å²) in [6.45, 7) is 0.337. The van der Waals surface area contributed by atoms with Crippen LogP contribution in [-0.4, -0.2) is 46.7 Å². The Morgan fingerprint density at radius 1 is 1.11 bits per heavy atom. The summed E-state index contributed by atoms with van der Waals surface area (Å²) < 4.78 is 0. The van der Waals surface area contributed by atoms with Gasteiger partial charge < -0.3 is 27.0 Å². The van der Waals surface area contributed by atoms with E-state index in [0.29, 0.717) is 13.0 Å². The van der Waals surface area contributed by atoms with E-state index in [1.54, 1.807) is 0 Å². The van der Waals surface area contributed by atoms with Crippen molar-refractivity contribution in [1.29, 1.82) is 0 Å². The molecule has 0 aliphatic carbocycles. The lowest BCUT2D eigenvalue weighted by atomic mass is 10.1.